The molecule has 0 amide bonds. The van der Waals surface area contributed by atoms with Crippen LogP contribution in [0.5, 0.6) is 0 Å². The minimum atomic E-state index is 1.11. The molecule has 1 nitrogen and oxygen atoms in total. The Labute approximate surface area is 317 Å². The van der Waals surface area contributed by atoms with Crippen LogP contribution in [0.3, 0.4) is 0 Å². The lowest BCUT2D eigenvalue weighted by atomic mass is 9.94. The molecule has 11 aromatic rings. The van der Waals surface area contributed by atoms with E-state index in [-0.39, 0.29) is 0 Å². The van der Waals surface area contributed by atoms with E-state index in [1.807, 2.05) is 11.3 Å². The Bertz CT molecular complexity index is 3190. The first-order valence-corrected chi connectivity index (χ1v) is 19.3. The highest BCUT2D eigenvalue weighted by atomic mass is 32.1. The molecule has 0 N–H and O–H groups in total. The summed E-state index contributed by atoms with van der Waals surface area (Å²) in [5, 5.41) is 12.8. The molecular weight excluding hydrogens is 671 g/mol. The van der Waals surface area contributed by atoms with Crippen LogP contribution in [-0.4, -0.2) is 0 Å². The fourth-order valence-electron chi connectivity index (χ4n) is 8.38. The molecule has 0 aliphatic carbocycles. The summed E-state index contributed by atoms with van der Waals surface area (Å²) in [5.74, 6) is 0. The standard InChI is InChI=1S/C52H33NS/c1-2-11-36-30-38(21-20-34(36)10-1)37-12-9-13-41(31-37)53(42-27-29-47-45-16-4-3-14-43(45)44-15-5-6-17-46(44)50(47)33-42)40-25-22-35(23-26-40)39-24-28-49-48-18-7-8-19-51(48)54-52(49)32-39/h1-33H. The Kier molecular flexibility index (Phi) is 7.11. The highest BCUT2D eigenvalue weighted by Gasteiger charge is 2.17. The van der Waals surface area contributed by atoms with Crippen molar-refractivity contribution in [2.24, 2.45) is 0 Å². The minimum Gasteiger partial charge on any atom is -0.310 e. The summed E-state index contributed by atoms with van der Waals surface area (Å²) in [6.45, 7) is 0. The zero-order valence-corrected chi connectivity index (χ0v) is 30.2. The number of anilines is 3. The molecule has 2 heteroatoms. The van der Waals surface area contributed by atoms with Crippen LogP contribution >= 0.6 is 11.3 Å². The van der Waals surface area contributed by atoms with E-state index in [0.717, 1.165) is 17.1 Å². The van der Waals surface area contributed by atoms with Crippen molar-refractivity contribution in [1.29, 1.82) is 0 Å². The van der Waals surface area contributed by atoms with Crippen LogP contribution < -0.4 is 4.90 Å². The van der Waals surface area contributed by atoms with Crippen molar-refractivity contribution in [2.75, 3.05) is 4.90 Å². The Balaban J connectivity index is 1.07. The summed E-state index contributed by atoms with van der Waals surface area (Å²) in [7, 11) is 0. The first kappa shape index (κ1) is 30.8. The Morgan fingerprint density at radius 3 is 1.56 bits per heavy atom. The highest BCUT2D eigenvalue weighted by molar-refractivity contribution is 7.25. The van der Waals surface area contributed by atoms with E-state index in [0.29, 0.717) is 0 Å². The van der Waals surface area contributed by atoms with Gasteiger partial charge in [0.15, 0.2) is 0 Å². The quantitative estimate of drug-likeness (QED) is 0.161. The van der Waals surface area contributed by atoms with Crippen molar-refractivity contribution < 1.29 is 0 Å². The van der Waals surface area contributed by atoms with E-state index in [9.17, 15) is 0 Å². The van der Waals surface area contributed by atoms with E-state index >= 15 is 0 Å². The number of benzene rings is 10. The summed E-state index contributed by atoms with van der Waals surface area (Å²) in [6, 6.07) is 73.6. The van der Waals surface area contributed by atoms with Crippen molar-refractivity contribution in [1.82, 2.24) is 0 Å². The maximum atomic E-state index is 2.41. The molecule has 1 aromatic heterocycles. The lowest BCUT2D eigenvalue weighted by molar-refractivity contribution is 1.29. The largest absolute Gasteiger partial charge is 0.310 e. The van der Waals surface area contributed by atoms with Gasteiger partial charge in [0.25, 0.3) is 0 Å². The van der Waals surface area contributed by atoms with Crippen LogP contribution in [-0.2, 0) is 0 Å². The van der Waals surface area contributed by atoms with Gasteiger partial charge in [-0.2, -0.15) is 0 Å². The number of fused-ring (bicyclic) bond motifs is 10. The highest BCUT2D eigenvalue weighted by Crippen LogP contribution is 2.43. The summed E-state index contributed by atoms with van der Waals surface area (Å²) in [6.07, 6.45) is 0. The van der Waals surface area contributed by atoms with E-state index in [4.69, 9.17) is 0 Å². The number of thiophene rings is 1. The normalized spacial score (nSPS) is 11.7. The van der Waals surface area contributed by atoms with Gasteiger partial charge in [-0.3, -0.25) is 0 Å². The molecule has 0 spiro atoms. The lowest BCUT2D eigenvalue weighted by Gasteiger charge is -2.27. The monoisotopic (exact) mass is 703 g/mol. The SMILES string of the molecule is c1cc(-c2ccc3ccccc3c2)cc(N(c2ccc(-c3ccc4c(c3)sc3ccccc34)cc2)c2ccc3c4ccccc4c4ccccc4c3c2)c1. The van der Waals surface area contributed by atoms with Gasteiger partial charge in [-0.25, -0.2) is 0 Å². The van der Waals surface area contributed by atoms with Crippen molar-refractivity contribution >= 4 is 91.7 Å². The third-order valence-electron chi connectivity index (χ3n) is 11.0. The maximum absolute atomic E-state index is 2.41. The second kappa shape index (κ2) is 12.4. The van der Waals surface area contributed by atoms with E-state index in [1.165, 1.54) is 85.5 Å². The minimum absolute atomic E-state index is 1.11. The molecule has 0 atom stereocenters. The first-order valence-electron chi connectivity index (χ1n) is 18.5. The Hall–Kier alpha value is -6.74. The van der Waals surface area contributed by atoms with Gasteiger partial charge in [0.05, 0.1) is 0 Å². The second-order valence-corrected chi connectivity index (χ2v) is 15.2. The molecule has 0 unspecified atom stereocenters. The van der Waals surface area contributed by atoms with Crippen LogP contribution in [0.15, 0.2) is 200 Å². The molecule has 0 radical (unpaired) electrons. The smallest absolute Gasteiger partial charge is 0.0468 e. The van der Waals surface area contributed by atoms with Crippen molar-refractivity contribution in [3.8, 4) is 22.3 Å². The topological polar surface area (TPSA) is 3.24 Å². The second-order valence-electron chi connectivity index (χ2n) is 14.1. The fraction of sp³-hybridized carbons (Fsp3) is 0. The molecule has 0 bridgehead atoms. The van der Waals surface area contributed by atoms with Crippen LogP contribution in [0.4, 0.5) is 17.1 Å². The molecular formula is C52H33NS. The van der Waals surface area contributed by atoms with Crippen LogP contribution in [0.25, 0.3) is 85.5 Å². The van der Waals surface area contributed by atoms with Gasteiger partial charge < -0.3 is 4.90 Å². The molecule has 252 valence electrons. The van der Waals surface area contributed by atoms with E-state index in [2.05, 4.69) is 205 Å². The zero-order chi connectivity index (χ0) is 35.6. The number of rotatable bonds is 5. The number of hydrogen-bond acceptors (Lipinski definition) is 2. The molecule has 10 aromatic carbocycles. The first-order chi connectivity index (χ1) is 26.7. The molecule has 11 rings (SSSR count). The van der Waals surface area contributed by atoms with Gasteiger partial charge in [0.2, 0.25) is 0 Å². The van der Waals surface area contributed by atoms with Gasteiger partial charge in [0, 0.05) is 37.2 Å². The predicted molar refractivity (Wildman–Crippen MR) is 235 cm³/mol. The zero-order valence-electron chi connectivity index (χ0n) is 29.4. The maximum Gasteiger partial charge on any atom is 0.0468 e. The van der Waals surface area contributed by atoms with Gasteiger partial charge in [-0.15, -0.1) is 11.3 Å². The Morgan fingerprint density at radius 2 is 0.778 bits per heavy atom. The Morgan fingerprint density at radius 1 is 0.259 bits per heavy atom. The summed E-state index contributed by atoms with van der Waals surface area (Å²) in [4.78, 5) is 2.41. The summed E-state index contributed by atoms with van der Waals surface area (Å²) >= 11 is 1.87. The molecule has 0 fully saturated rings. The van der Waals surface area contributed by atoms with Crippen molar-refractivity contribution in [3.05, 3.63) is 200 Å². The molecule has 54 heavy (non-hydrogen) atoms. The number of hydrogen-bond donors (Lipinski definition) is 0. The van der Waals surface area contributed by atoms with Gasteiger partial charge in [-0.05, 0) is 120 Å². The predicted octanol–water partition coefficient (Wildman–Crippen LogP) is 15.5. The van der Waals surface area contributed by atoms with Gasteiger partial charge >= 0.3 is 0 Å². The third kappa shape index (κ3) is 5.07. The fourth-order valence-corrected chi connectivity index (χ4v) is 9.53. The van der Waals surface area contributed by atoms with Crippen molar-refractivity contribution in [2.45, 2.75) is 0 Å². The van der Waals surface area contributed by atoms with Crippen molar-refractivity contribution in [3.63, 3.8) is 0 Å². The van der Waals surface area contributed by atoms with E-state index < -0.39 is 0 Å². The average molecular weight is 704 g/mol. The lowest BCUT2D eigenvalue weighted by Crippen LogP contribution is -2.10. The molecule has 0 aliphatic rings. The van der Waals surface area contributed by atoms with Gasteiger partial charge in [0.1, 0.15) is 0 Å². The molecule has 1 heterocycles. The summed E-state index contributed by atoms with van der Waals surface area (Å²) in [5.41, 5.74) is 8.19. The van der Waals surface area contributed by atoms with E-state index in [1.54, 1.807) is 0 Å². The molecule has 0 saturated heterocycles. The third-order valence-corrected chi connectivity index (χ3v) is 12.1. The molecule has 0 saturated carbocycles. The van der Waals surface area contributed by atoms with Crippen LogP contribution in [0.2, 0.25) is 0 Å². The van der Waals surface area contributed by atoms with Crippen LogP contribution in [0, 0.1) is 0 Å². The van der Waals surface area contributed by atoms with Gasteiger partial charge in [-0.1, -0.05) is 146 Å². The molecule has 0 aliphatic heterocycles. The van der Waals surface area contributed by atoms with Crippen LogP contribution in [0.1, 0.15) is 0 Å². The summed E-state index contributed by atoms with van der Waals surface area (Å²) < 4.78 is 2.65. The average Bonchev–Trinajstić information content (AvgIpc) is 3.62. The number of nitrogens with zero attached hydrogens (tertiary/aromatic N) is 1.